The Labute approximate surface area is 248 Å². The minimum Gasteiger partial charge on any atom is -0.343 e. The summed E-state index contributed by atoms with van der Waals surface area (Å²) in [4.78, 5) is 52.4. The van der Waals surface area contributed by atoms with Gasteiger partial charge in [-0.1, -0.05) is 37.5 Å². The van der Waals surface area contributed by atoms with E-state index in [4.69, 9.17) is 4.99 Å². The largest absolute Gasteiger partial charge is 0.343 e. The molecule has 1 aliphatic heterocycles. The van der Waals surface area contributed by atoms with Gasteiger partial charge in [-0.3, -0.25) is 19.4 Å². The molecule has 3 amide bonds. The van der Waals surface area contributed by atoms with Gasteiger partial charge in [-0.2, -0.15) is 0 Å². The quantitative estimate of drug-likeness (QED) is 0.309. The average molecular weight is 579 g/mol. The molecule has 220 valence electrons. The van der Waals surface area contributed by atoms with Crippen LogP contribution in [0.15, 0.2) is 40.7 Å². The van der Waals surface area contributed by atoms with E-state index < -0.39 is 6.04 Å². The Morgan fingerprint density at radius 2 is 1.85 bits per heavy atom. The Morgan fingerprint density at radius 3 is 2.54 bits per heavy atom. The molecule has 9 nitrogen and oxygen atoms in total. The van der Waals surface area contributed by atoms with Crippen LogP contribution in [0.5, 0.6) is 0 Å². The van der Waals surface area contributed by atoms with Gasteiger partial charge in [0.2, 0.25) is 11.8 Å². The lowest BCUT2D eigenvalue weighted by Gasteiger charge is -2.34. The number of thiol groups is 1. The van der Waals surface area contributed by atoms with E-state index in [0.717, 1.165) is 49.5 Å². The minimum atomic E-state index is -0.545. The molecule has 2 unspecified atom stereocenters. The van der Waals surface area contributed by atoms with Crippen molar-refractivity contribution in [2.75, 3.05) is 27.7 Å². The molecule has 0 bridgehead atoms. The van der Waals surface area contributed by atoms with Gasteiger partial charge in [-0.15, -0.1) is 12.6 Å². The van der Waals surface area contributed by atoms with Crippen molar-refractivity contribution in [3.8, 4) is 0 Å². The zero-order valence-electron chi connectivity index (χ0n) is 24.5. The van der Waals surface area contributed by atoms with Crippen molar-refractivity contribution < 1.29 is 14.4 Å². The number of amides is 3. The number of benzene rings is 1. The number of nitrogens with zero attached hydrogens (tertiary/aromatic N) is 4. The molecule has 0 radical (unpaired) electrons. The number of carbonyl (C=O) groups is 3. The highest BCUT2D eigenvalue weighted by Gasteiger charge is 2.38. The predicted octanol–water partition coefficient (Wildman–Crippen LogP) is 3.90. The third kappa shape index (κ3) is 7.16. The predicted molar refractivity (Wildman–Crippen MR) is 167 cm³/mol. The number of fused-ring (bicyclic) bond motifs is 1. The number of rotatable bonds is 9. The van der Waals surface area contributed by atoms with Crippen LogP contribution in [0.2, 0.25) is 0 Å². The Bertz CT molecular complexity index is 1320. The monoisotopic (exact) mass is 578 g/mol. The van der Waals surface area contributed by atoms with Crippen LogP contribution in [0, 0.1) is 5.92 Å². The van der Waals surface area contributed by atoms with Crippen LogP contribution in [0.3, 0.4) is 0 Å². The fourth-order valence-corrected chi connectivity index (χ4v) is 5.93. The van der Waals surface area contributed by atoms with Gasteiger partial charge in [0.15, 0.2) is 0 Å². The van der Waals surface area contributed by atoms with Crippen molar-refractivity contribution in [2.24, 2.45) is 10.9 Å². The lowest BCUT2D eigenvalue weighted by molar-refractivity contribution is -0.138. The molecule has 4 rings (SSSR count). The highest BCUT2D eigenvalue weighted by atomic mass is 32.1. The number of nitrogens with one attached hydrogen (secondary N) is 2. The van der Waals surface area contributed by atoms with Crippen LogP contribution in [0.25, 0.3) is 16.6 Å². The summed E-state index contributed by atoms with van der Waals surface area (Å²) < 4.78 is 0. The first-order chi connectivity index (χ1) is 19.7. The first kappa shape index (κ1) is 30.7. The van der Waals surface area contributed by atoms with Crippen LogP contribution in [0.1, 0.15) is 67.9 Å². The fourth-order valence-electron chi connectivity index (χ4n) is 5.72. The SMILES string of the molecule is CN[C@@H](C)C(=O)NC(C(=O)N1CCCC1C=N/C(=C\S)c1cc(C(=O)N(C)C)nc2ccccc12)C1CCCCC1. The summed E-state index contributed by atoms with van der Waals surface area (Å²) in [6, 6.07) is 8.25. The zero-order valence-corrected chi connectivity index (χ0v) is 25.4. The van der Waals surface area contributed by atoms with E-state index >= 15 is 0 Å². The summed E-state index contributed by atoms with van der Waals surface area (Å²) in [6.45, 7) is 2.42. The highest BCUT2D eigenvalue weighted by Crippen LogP contribution is 2.30. The summed E-state index contributed by atoms with van der Waals surface area (Å²) in [5, 5.41) is 8.53. The molecule has 1 aliphatic carbocycles. The van der Waals surface area contributed by atoms with Gasteiger partial charge in [0.1, 0.15) is 11.7 Å². The van der Waals surface area contributed by atoms with Gasteiger partial charge in [0.25, 0.3) is 5.91 Å². The summed E-state index contributed by atoms with van der Waals surface area (Å²) >= 11 is 4.46. The van der Waals surface area contributed by atoms with Crippen molar-refractivity contribution >= 4 is 53.2 Å². The lowest BCUT2D eigenvalue weighted by atomic mass is 9.83. The van der Waals surface area contributed by atoms with Crippen molar-refractivity contribution in [3.63, 3.8) is 0 Å². The van der Waals surface area contributed by atoms with Crippen LogP contribution >= 0.6 is 12.6 Å². The summed E-state index contributed by atoms with van der Waals surface area (Å²) in [5.41, 5.74) is 2.35. The number of carbonyl (C=O) groups excluding carboxylic acids is 3. The van der Waals surface area contributed by atoms with E-state index in [9.17, 15) is 14.4 Å². The number of hydrogen-bond acceptors (Lipinski definition) is 7. The van der Waals surface area contributed by atoms with Gasteiger partial charge in [-0.05, 0) is 63.1 Å². The zero-order chi connectivity index (χ0) is 29.5. The second-order valence-electron chi connectivity index (χ2n) is 11.2. The van der Waals surface area contributed by atoms with Gasteiger partial charge in [0, 0.05) is 37.8 Å². The molecule has 0 spiro atoms. The van der Waals surface area contributed by atoms with Crippen LogP contribution in [-0.2, 0) is 9.59 Å². The number of hydrogen-bond donors (Lipinski definition) is 3. The molecule has 1 aromatic carbocycles. The molecule has 10 heteroatoms. The van der Waals surface area contributed by atoms with Crippen molar-refractivity contribution in [2.45, 2.75) is 70.0 Å². The maximum absolute atomic E-state index is 14.0. The lowest BCUT2D eigenvalue weighted by Crippen LogP contribution is -2.56. The standard InChI is InChI=1S/C31H42N6O3S/c1-20(32-2)29(38)35-28(21-11-6-5-7-12-21)31(40)37-16-10-13-22(37)18-33-27(19-41)24-17-26(30(39)36(3)4)34-25-15-9-8-14-23(24)25/h8-9,14-15,17-22,28,32,41H,5-7,10-13,16H2,1-4H3,(H,35,38)/b27-19-,33-18?/t20-,22?,28?/m0/s1. The molecule has 1 saturated carbocycles. The first-order valence-electron chi connectivity index (χ1n) is 14.5. The van der Waals surface area contributed by atoms with Crippen LogP contribution < -0.4 is 10.6 Å². The summed E-state index contributed by atoms with van der Waals surface area (Å²) in [5.74, 6) is -0.262. The molecule has 2 N–H and O–H groups in total. The van der Waals surface area contributed by atoms with E-state index in [0.29, 0.717) is 23.5 Å². The van der Waals surface area contributed by atoms with Gasteiger partial charge in [0.05, 0.1) is 23.3 Å². The maximum atomic E-state index is 14.0. The van der Waals surface area contributed by atoms with Crippen molar-refractivity contribution in [1.29, 1.82) is 0 Å². The van der Waals surface area contributed by atoms with E-state index in [2.05, 4.69) is 28.2 Å². The van der Waals surface area contributed by atoms with E-state index in [-0.39, 0.29) is 35.7 Å². The number of likely N-dealkylation sites (tertiary alicyclic amines) is 1. The minimum absolute atomic E-state index is 0.0351. The van der Waals surface area contributed by atoms with Crippen molar-refractivity contribution in [1.82, 2.24) is 25.4 Å². The maximum Gasteiger partial charge on any atom is 0.271 e. The van der Waals surface area contributed by atoms with Gasteiger partial charge >= 0.3 is 0 Å². The van der Waals surface area contributed by atoms with Gasteiger partial charge < -0.3 is 20.4 Å². The van der Waals surface area contributed by atoms with E-state index in [1.807, 2.05) is 35.4 Å². The number of para-hydroxylation sites is 1. The number of aliphatic imine (C=N–C) groups is 1. The van der Waals surface area contributed by atoms with E-state index in [1.165, 1.54) is 11.3 Å². The third-order valence-electron chi connectivity index (χ3n) is 8.22. The Kier molecular flexibility index (Phi) is 10.6. The molecule has 2 fully saturated rings. The number of likely N-dealkylation sites (N-methyl/N-ethyl adjacent to an activating group) is 1. The normalized spacial score (nSPS) is 19.9. The second kappa shape index (κ2) is 14.1. The molecule has 2 heterocycles. The smallest absolute Gasteiger partial charge is 0.271 e. The summed E-state index contributed by atoms with van der Waals surface area (Å²) in [6.07, 6.45) is 8.65. The third-order valence-corrected chi connectivity index (χ3v) is 8.46. The molecule has 41 heavy (non-hydrogen) atoms. The topological polar surface area (TPSA) is 107 Å². The van der Waals surface area contributed by atoms with Crippen LogP contribution in [-0.4, -0.2) is 84.5 Å². The highest BCUT2D eigenvalue weighted by molar-refractivity contribution is 7.83. The average Bonchev–Trinajstić information content (AvgIpc) is 3.47. The Hall–Kier alpha value is -3.24. The molecule has 1 aromatic heterocycles. The molecule has 2 aromatic rings. The molecule has 1 saturated heterocycles. The van der Waals surface area contributed by atoms with Crippen LogP contribution in [0.4, 0.5) is 0 Å². The summed E-state index contributed by atoms with van der Waals surface area (Å²) in [7, 11) is 5.13. The number of aromatic nitrogens is 1. The fraction of sp³-hybridized carbons (Fsp3) is 0.516. The van der Waals surface area contributed by atoms with Crippen molar-refractivity contribution in [3.05, 3.63) is 47.0 Å². The second-order valence-corrected chi connectivity index (χ2v) is 11.5. The number of pyridine rings is 1. The molecular weight excluding hydrogens is 536 g/mol. The molecular formula is C31H42N6O3S. The Balaban J connectivity index is 1.61. The van der Waals surface area contributed by atoms with Gasteiger partial charge in [-0.25, -0.2) is 4.98 Å². The first-order valence-corrected chi connectivity index (χ1v) is 15.0. The Morgan fingerprint density at radius 1 is 1.12 bits per heavy atom. The van der Waals surface area contributed by atoms with E-state index in [1.54, 1.807) is 39.5 Å². The molecule has 3 atom stereocenters. The molecule has 2 aliphatic rings.